The highest BCUT2D eigenvalue weighted by Gasteiger charge is 2.13. The van der Waals surface area contributed by atoms with Crippen LogP contribution in [-0.2, 0) is 13.0 Å². The number of rotatable bonds is 4. The van der Waals surface area contributed by atoms with Gasteiger partial charge in [0.15, 0.2) is 10.6 Å². The van der Waals surface area contributed by atoms with E-state index in [2.05, 4.69) is 4.98 Å². The average molecular weight is 336 g/mol. The van der Waals surface area contributed by atoms with Crippen LogP contribution in [0.15, 0.2) is 28.4 Å². The Morgan fingerprint density at radius 1 is 1.48 bits per heavy atom. The standard InChI is InChI=1S/C14H12N2O2S3/c1-2-8-6-9-12(21-8)15-14(19)16(13(9)18)7-10(17)11-4-3-5-20-11/h3-6H,2,7H2,1H3,(H,15,19). The first-order valence-corrected chi connectivity index (χ1v) is 8.53. The molecule has 0 aliphatic heterocycles. The van der Waals surface area contributed by atoms with Crippen LogP contribution in [0.1, 0.15) is 21.5 Å². The first kappa shape index (κ1) is 14.4. The normalized spacial score (nSPS) is 11.1. The zero-order valence-electron chi connectivity index (χ0n) is 11.2. The van der Waals surface area contributed by atoms with Crippen LogP contribution >= 0.6 is 34.9 Å². The van der Waals surface area contributed by atoms with Gasteiger partial charge in [-0.05, 0) is 36.2 Å². The molecule has 1 N–H and O–H groups in total. The second kappa shape index (κ2) is 5.67. The molecule has 0 aliphatic rings. The third kappa shape index (κ3) is 2.64. The number of nitrogens with zero attached hydrogens (tertiary/aromatic N) is 1. The molecule has 0 saturated carbocycles. The van der Waals surface area contributed by atoms with Crippen molar-refractivity contribution < 1.29 is 4.79 Å². The summed E-state index contributed by atoms with van der Waals surface area (Å²) in [6.45, 7) is 2.01. The zero-order chi connectivity index (χ0) is 15.0. The van der Waals surface area contributed by atoms with Gasteiger partial charge in [-0.2, -0.15) is 0 Å². The van der Waals surface area contributed by atoms with Crippen molar-refractivity contribution in [3.8, 4) is 0 Å². The van der Waals surface area contributed by atoms with Gasteiger partial charge < -0.3 is 4.98 Å². The van der Waals surface area contributed by atoms with Crippen molar-refractivity contribution in [1.29, 1.82) is 0 Å². The lowest BCUT2D eigenvalue weighted by Crippen LogP contribution is -2.25. The van der Waals surface area contributed by atoms with E-state index in [4.69, 9.17) is 12.2 Å². The number of aromatic nitrogens is 2. The number of carbonyl (C=O) groups is 1. The third-order valence-corrected chi connectivity index (χ3v) is 5.60. The molecule has 0 saturated heterocycles. The lowest BCUT2D eigenvalue weighted by atomic mass is 10.3. The summed E-state index contributed by atoms with van der Waals surface area (Å²) in [6.07, 6.45) is 0.869. The Hall–Kier alpha value is -1.57. The fourth-order valence-electron chi connectivity index (χ4n) is 2.07. The summed E-state index contributed by atoms with van der Waals surface area (Å²) in [5.41, 5.74) is -0.199. The van der Waals surface area contributed by atoms with Crippen molar-refractivity contribution in [1.82, 2.24) is 9.55 Å². The maximum Gasteiger partial charge on any atom is 0.263 e. The van der Waals surface area contributed by atoms with Gasteiger partial charge in [0.25, 0.3) is 5.56 Å². The van der Waals surface area contributed by atoms with E-state index in [1.165, 1.54) is 27.2 Å². The highest BCUT2D eigenvalue weighted by atomic mass is 32.1. The predicted octanol–water partition coefficient (Wildman–Crippen LogP) is 3.63. The Balaban J connectivity index is 2.08. The molecule has 3 aromatic heterocycles. The second-order valence-corrected chi connectivity index (χ2v) is 7.00. The highest BCUT2D eigenvalue weighted by Crippen LogP contribution is 2.21. The van der Waals surface area contributed by atoms with Crippen LogP contribution < -0.4 is 5.56 Å². The number of Topliss-reactive ketones (excluding diaryl/α,β-unsaturated/α-hetero) is 1. The molecule has 108 valence electrons. The van der Waals surface area contributed by atoms with Crippen LogP contribution in [-0.4, -0.2) is 15.3 Å². The van der Waals surface area contributed by atoms with Crippen molar-refractivity contribution in [3.63, 3.8) is 0 Å². The lowest BCUT2D eigenvalue weighted by molar-refractivity contribution is 0.0974. The number of thiophene rings is 2. The quantitative estimate of drug-likeness (QED) is 0.585. The van der Waals surface area contributed by atoms with E-state index >= 15 is 0 Å². The fourth-order valence-corrected chi connectivity index (χ4v) is 4.03. The minimum atomic E-state index is -0.199. The van der Waals surface area contributed by atoms with Crippen LogP contribution in [0.25, 0.3) is 10.2 Å². The van der Waals surface area contributed by atoms with Gasteiger partial charge in [0.05, 0.1) is 16.8 Å². The molecule has 0 fully saturated rings. The maximum atomic E-state index is 12.5. The van der Waals surface area contributed by atoms with Crippen molar-refractivity contribution in [2.75, 3.05) is 0 Å². The molecule has 0 radical (unpaired) electrons. The molecule has 4 nitrogen and oxygen atoms in total. The molecule has 0 aliphatic carbocycles. The van der Waals surface area contributed by atoms with E-state index in [9.17, 15) is 9.59 Å². The first-order chi connectivity index (χ1) is 10.1. The molecule has 7 heteroatoms. The summed E-state index contributed by atoms with van der Waals surface area (Å²) in [5, 5.41) is 2.44. The number of fused-ring (bicyclic) bond motifs is 1. The Morgan fingerprint density at radius 3 is 2.95 bits per heavy atom. The van der Waals surface area contributed by atoms with Gasteiger partial charge in [0.2, 0.25) is 0 Å². The van der Waals surface area contributed by atoms with E-state index in [0.717, 1.165) is 16.1 Å². The van der Waals surface area contributed by atoms with Crippen LogP contribution in [0.4, 0.5) is 0 Å². The molecule has 0 amide bonds. The number of carbonyl (C=O) groups excluding carboxylic acids is 1. The molecular weight excluding hydrogens is 324 g/mol. The number of hydrogen-bond donors (Lipinski definition) is 1. The summed E-state index contributed by atoms with van der Waals surface area (Å²) in [5.74, 6) is -0.100. The van der Waals surface area contributed by atoms with E-state index in [0.29, 0.717) is 15.0 Å². The number of ketones is 1. The first-order valence-electron chi connectivity index (χ1n) is 6.42. The number of aryl methyl sites for hydroxylation is 1. The van der Waals surface area contributed by atoms with Gasteiger partial charge in [0, 0.05) is 4.88 Å². The maximum absolute atomic E-state index is 12.5. The monoisotopic (exact) mass is 336 g/mol. The SMILES string of the molecule is CCc1cc2c(=O)n(CC(=O)c3cccs3)c(=S)[nH]c2s1. The minimum absolute atomic E-state index is 0.0259. The Morgan fingerprint density at radius 2 is 2.29 bits per heavy atom. The fraction of sp³-hybridized carbons (Fsp3) is 0.214. The molecule has 3 aromatic rings. The highest BCUT2D eigenvalue weighted by molar-refractivity contribution is 7.71. The van der Waals surface area contributed by atoms with Gasteiger partial charge in [-0.15, -0.1) is 22.7 Å². The summed E-state index contributed by atoms with van der Waals surface area (Å²) < 4.78 is 1.63. The molecular formula is C14H12N2O2S3. The van der Waals surface area contributed by atoms with Gasteiger partial charge in [-0.25, -0.2) is 0 Å². The number of H-pyrrole nitrogens is 1. The van der Waals surface area contributed by atoms with E-state index in [-0.39, 0.29) is 17.9 Å². The van der Waals surface area contributed by atoms with Crippen molar-refractivity contribution in [3.05, 3.63) is 48.5 Å². The third-order valence-electron chi connectivity index (χ3n) is 3.17. The van der Waals surface area contributed by atoms with Crippen molar-refractivity contribution in [2.45, 2.75) is 19.9 Å². The smallest absolute Gasteiger partial charge is 0.263 e. The molecule has 0 spiro atoms. The molecule has 3 heterocycles. The largest absolute Gasteiger partial charge is 0.323 e. The Bertz CT molecular complexity index is 916. The lowest BCUT2D eigenvalue weighted by Gasteiger charge is -2.04. The van der Waals surface area contributed by atoms with Crippen LogP contribution in [0.2, 0.25) is 0 Å². The van der Waals surface area contributed by atoms with Gasteiger partial charge in [-0.3, -0.25) is 14.2 Å². The Labute approximate surface area is 133 Å². The van der Waals surface area contributed by atoms with Gasteiger partial charge in [0.1, 0.15) is 4.83 Å². The number of nitrogens with one attached hydrogen (secondary N) is 1. The molecule has 0 unspecified atom stereocenters. The van der Waals surface area contributed by atoms with Crippen molar-refractivity contribution >= 4 is 50.9 Å². The summed E-state index contributed by atoms with van der Waals surface area (Å²) in [4.78, 5) is 30.3. The van der Waals surface area contributed by atoms with E-state index < -0.39 is 0 Å². The zero-order valence-corrected chi connectivity index (χ0v) is 13.7. The molecule has 21 heavy (non-hydrogen) atoms. The van der Waals surface area contributed by atoms with Crippen LogP contribution in [0.5, 0.6) is 0 Å². The van der Waals surface area contributed by atoms with Gasteiger partial charge >= 0.3 is 0 Å². The van der Waals surface area contributed by atoms with E-state index in [1.54, 1.807) is 6.07 Å². The van der Waals surface area contributed by atoms with Crippen LogP contribution in [0.3, 0.4) is 0 Å². The van der Waals surface area contributed by atoms with E-state index in [1.807, 2.05) is 24.4 Å². The molecule has 0 bridgehead atoms. The topological polar surface area (TPSA) is 54.9 Å². The molecule has 3 rings (SSSR count). The molecule has 0 atom stereocenters. The number of hydrogen-bond acceptors (Lipinski definition) is 5. The Kier molecular flexibility index (Phi) is 3.88. The number of aromatic amines is 1. The van der Waals surface area contributed by atoms with Crippen molar-refractivity contribution in [2.24, 2.45) is 0 Å². The predicted molar refractivity (Wildman–Crippen MR) is 89.3 cm³/mol. The summed E-state index contributed by atoms with van der Waals surface area (Å²) in [6, 6.07) is 5.44. The van der Waals surface area contributed by atoms with Crippen LogP contribution in [0, 0.1) is 4.77 Å². The molecule has 0 aromatic carbocycles. The average Bonchev–Trinajstić information content (AvgIpc) is 3.11. The second-order valence-electron chi connectivity index (χ2n) is 4.53. The summed E-state index contributed by atoms with van der Waals surface area (Å²) in [7, 11) is 0. The summed E-state index contributed by atoms with van der Waals surface area (Å²) >= 11 is 8.12. The van der Waals surface area contributed by atoms with Gasteiger partial charge in [-0.1, -0.05) is 13.0 Å². The minimum Gasteiger partial charge on any atom is -0.323 e.